The molecule has 0 fully saturated rings. The number of thiophene rings is 1. The largest absolute Gasteiger partial charge is 0.437 e. The lowest BCUT2D eigenvalue weighted by Crippen LogP contribution is -2.33. The monoisotopic (exact) mass is 329 g/mol. The SMILES string of the molecule is C[C@@H](NC(=O)Cn1nc(-c2cccs2)oc1=O)c1ccccc1. The summed E-state index contributed by atoms with van der Waals surface area (Å²) in [6, 6.07) is 13.1. The van der Waals surface area contributed by atoms with Gasteiger partial charge in [0, 0.05) is 0 Å². The van der Waals surface area contributed by atoms with Gasteiger partial charge in [-0.3, -0.25) is 4.79 Å². The molecule has 2 aromatic heterocycles. The van der Waals surface area contributed by atoms with Gasteiger partial charge in [-0.25, -0.2) is 4.79 Å². The summed E-state index contributed by atoms with van der Waals surface area (Å²) in [5, 5.41) is 8.76. The lowest BCUT2D eigenvalue weighted by molar-refractivity contribution is -0.122. The zero-order valence-electron chi connectivity index (χ0n) is 12.4. The summed E-state index contributed by atoms with van der Waals surface area (Å²) in [5.74, 6) is -0.709. The number of carbonyl (C=O) groups excluding carboxylic acids is 1. The maximum atomic E-state index is 12.1. The first-order chi connectivity index (χ1) is 11.1. The first-order valence-corrected chi connectivity index (χ1v) is 7.97. The molecule has 0 saturated heterocycles. The number of carbonyl (C=O) groups is 1. The Morgan fingerprint density at radius 2 is 2.09 bits per heavy atom. The summed E-state index contributed by atoms with van der Waals surface area (Å²) >= 11 is 1.42. The fourth-order valence-electron chi connectivity index (χ4n) is 2.15. The van der Waals surface area contributed by atoms with Crippen LogP contribution in [0.1, 0.15) is 18.5 Å². The molecule has 0 spiro atoms. The molecular formula is C16H15N3O3S. The quantitative estimate of drug-likeness (QED) is 0.780. The Morgan fingerprint density at radius 3 is 2.78 bits per heavy atom. The zero-order chi connectivity index (χ0) is 16.2. The Labute approximate surface area is 136 Å². The number of nitrogens with one attached hydrogen (secondary N) is 1. The van der Waals surface area contributed by atoms with E-state index < -0.39 is 5.76 Å². The normalized spacial score (nSPS) is 12.0. The van der Waals surface area contributed by atoms with Crippen molar-refractivity contribution in [1.29, 1.82) is 0 Å². The van der Waals surface area contributed by atoms with Crippen molar-refractivity contribution in [3.8, 4) is 10.8 Å². The number of hydrogen-bond donors (Lipinski definition) is 1. The standard InChI is InChI=1S/C16H15N3O3S/c1-11(12-6-3-2-4-7-12)17-14(20)10-19-16(21)22-15(18-19)13-8-5-9-23-13/h2-9,11H,10H2,1H3,(H,17,20)/t11-/m1/s1. The molecule has 0 aliphatic heterocycles. The Hall–Kier alpha value is -2.67. The fraction of sp³-hybridized carbons (Fsp3) is 0.188. The van der Waals surface area contributed by atoms with Gasteiger partial charge in [0.25, 0.3) is 5.89 Å². The van der Waals surface area contributed by atoms with Gasteiger partial charge >= 0.3 is 5.76 Å². The number of nitrogens with zero attached hydrogens (tertiary/aromatic N) is 2. The molecule has 23 heavy (non-hydrogen) atoms. The maximum absolute atomic E-state index is 12.1. The average Bonchev–Trinajstić information content (AvgIpc) is 3.18. The van der Waals surface area contributed by atoms with Gasteiger partial charge in [-0.1, -0.05) is 36.4 Å². The minimum Gasteiger partial charge on any atom is -0.387 e. The average molecular weight is 329 g/mol. The van der Waals surface area contributed by atoms with Gasteiger partial charge in [0.15, 0.2) is 0 Å². The molecular weight excluding hydrogens is 314 g/mol. The topological polar surface area (TPSA) is 77.1 Å². The van der Waals surface area contributed by atoms with Crippen LogP contribution in [0.4, 0.5) is 0 Å². The van der Waals surface area contributed by atoms with E-state index in [9.17, 15) is 9.59 Å². The summed E-state index contributed by atoms with van der Waals surface area (Å²) in [7, 11) is 0. The van der Waals surface area contributed by atoms with Crippen molar-refractivity contribution >= 4 is 17.2 Å². The summed E-state index contributed by atoms with van der Waals surface area (Å²) in [6.45, 7) is 1.71. The summed E-state index contributed by atoms with van der Waals surface area (Å²) in [5.41, 5.74) is 0.993. The van der Waals surface area contributed by atoms with E-state index in [-0.39, 0.29) is 24.4 Å². The Morgan fingerprint density at radius 1 is 1.30 bits per heavy atom. The number of benzene rings is 1. The van der Waals surface area contributed by atoms with Gasteiger partial charge in [0.2, 0.25) is 5.91 Å². The van der Waals surface area contributed by atoms with Gasteiger partial charge in [-0.15, -0.1) is 16.4 Å². The fourth-order valence-corrected chi connectivity index (χ4v) is 2.80. The van der Waals surface area contributed by atoms with Crippen LogP contribution in [0.2, 0.25) is 0 Å². The van der Waals surface area contributed by atoms with E-state index in [1.165, 1.54) is 11.3 Å². The van der Waals surface area contributed by atoms with E-state index in [1.807, 2.05) is 48.7 Å². The van der Waals surface area contributed by atoms with Gasteiger partial charge in [0.05, 0.1) is 10.9 Å². The van der Waals surface area contributed by atoms with E-state index in [0.717, 1.165) is 15.1 Å². The molecule has 6 nitrogen and oxygen atoms in total. The lowest BCUT2D eigenvalue weighted by Gasteiger charge is -2.13. The van der Waals surface area contributed by atoms with Crippen LogP contribution in [0, 0.1) is 0 Å². The van der Waals surface area contributed by atoms with Gasteiger partial charge in [-0.2, -0.15) is 4.68 Å². The van der Waals surface area contributed by atoms with Crippen molar-refractivity contribution in [2.24, 2.45) is 0 Å². The van der Waals surface area contributed by atoms with Crippen LogP contribution in [-0.2, 0) is 11.3 Å². The highest BCUT2D eigenvalue weighted by Gasteiger charge is 2.15. The minimum absolute atomic E-state index is 0.150. The highest BCUT2D eigenvalue weighted by molar-refractivity contribution is 7.13. The van der Waals surface area contributed by atoms with Crippen LogP contribution in [0.3, 0.4) is 0 Å². The van der Waals surface area contributed by atoms with Gasteiger partial charge in [0.1, 0.15) is 6.54 Å². The van der Waals surface area contributed by atoms with Crippen molar-refractivity contribution in [2.75, 3.05) is 0 Å². The van der Waals surface area contributed by atoms with Gasteiger partial charge in [-0.05, 0) is 23.9 Å². The van der Waals surface area contributed by atoms with Crippen molar-refractivity contribution in [3.63, 3.8) is 0 Å². The lowest BCUT2D eigenvalue weighted by atomic mass is 10.1. The van der Waals surface area contributed by atoms with Crippen LogP contribution >= 0.6 is 11.3 Å². The molecule has 1 amide bonds. The molecule has 0 unspecified atom stereocenters. The van der Waals surface area contributed by atoms with Crippen molar-refractivity contribution in [2.45, 2.75) is 19.5 Å². The maximum Gasteiger partial charge on any atom is 0.437 e. The molecule has 1 aromatic carbocycles. The predicted octanol–water partition coefficient (Wildman–Crippen LogP) is 2.44. The number of hydrogen-bond acceptors (Lipinski definition) is 5. The molecule has 0 bridgehead atoms. The third-order valence-electron chi connectivity index (χ3n) is 3.31. The molecule has 1 N–H and O–H groups in total. The van der Waals surface area contributed by atoms with E-state index in [0.29, 0.717) is 0 Å². The molecule has 118 valence electrons. The van der Waals surface area contributed by atoms with E-state index in [1.54, 1.807) is 6.07 Å². The van der Waals surface area contributed by atoms with E-state index in [4.69, 9.17) is 4.42 Å². The van der Waals surface area contributed by atoms with Crippen LogP contribution in [0.5, 0.6) is 0 Å². The number of amides is 1. The highest BCUT2D eigenvalue weighted by atomic mass is 32.1. The molecule has 0 aliphatic carbocycles. The molecule has 0 saturated carbocycles. The van der Waals surface area contributed by atoms with Crippen LogP contribution in [0.25, 0.3) is 10.8 Å². The molecule has 0 aliphatic rings. The summed E-state index contributed by atoms with van der Waals surface area (Å²) in [4.78, 5) is 24.6. The Kier molecular flexibility index (Phi) is 4.38. The Balaban J connectivity index is 1.68. The van der Waals surface area contributed by atoms with Gasteiger partial charge < -0.3 is 9.73 Å². The molecule has 3 rings (SSSR count). The van der Waals surface area contributed by atoms with Crippen LogP contribution in [0.15, 0.2) is 57.1 Å². The second kappa shape index (κ2) is 6.62. The molecule has 7 heteroatoms. The number of rotatable bonds is 5. The molecule has 0 radical (unpaired) electrons. The third kappa shape index (κ3) is 3.57. The molecule has 1 atom stereocenters. The number of aromatic nitrogens is 2. The van der Waals surface area contributed by atoms with Crippen molar-refractivity contribution in [1.82, 2.24) is 15.1 Å². The molecule has 2 heterocycles. The van der Waals surface area contributed by atoms with Crippen molar-refractivity contribution < 1.29 is 9.21 Å². The third-order valence-corrected chi connectivity index (χ3v) is 4.17. The van der Waals surface area contributed by atoms with Crippen molar-refractivity contribution in [3.05, 3.63) is 64.0 Å². The van der Waals surface area contributed by atoms with Crippen LogP contribution < -0.4 is 11.1 Å². The van der Waals surface area contributed by atoms with Crippen LogP contribution in [-0.4, -0.2) is 15.7 Å². The summed E-state index contributed by atoms with van der Waals surface area (Å²) < 4.78 is 6.11. The predicted molar refractivity (Wildman–Crippen MR) is 87.1 cm³/mol. The van der Waals surface area contributed by atoms with E-state index in [2.05, 4.69) is 10.4 Å². The zero-order valence-corrected chi connectivity index (χ0v) is 13.2. The minimum atomic E-state index is -0.643. The first kappa shape index (κ1) is 15.2. The van der Waals surface area contributed by atoms with E-state index >= 15 is 0 Å². The molecule has 3 aromatic rings. The second-order valence-corrected chi connectivity index (χ2v) is 5.96. The smallest absolute Gasteiger partial charge is 0.387 e. The Bertz CT molecular complexity index is 837. The second-order valence-electron chi connectivity index (χ2n) is 5.01. The summed E-state index contributed by atoms with van der Waals surface area (Å²) in [6.07, 6.45) is 0. The first-order valence-electron chi connectivity index (χ1n) is 7.09. The highest BCUT2D eigenvalue weighted by Crippen LogP contribution is 2.21.